The zero-order chi connectivity index (χ0) is 16.4. The van der Waals surface area contributed by atoms with Crippen molar-refractivity contribution in [3.8, 4) is 0 Å². The average Bonchev–Trinajstić information content (AvgIpc) is 3.06. The molecule has 130 valence electrons. The summed E-state index contributed by atoms with van der Waals surface area (Å²) in [5, 5.41) is 0. The minimum atomic E-state index is 0.185. The lowest BCUT2D eigenvalue weighted by Crippen LogP contribution is -2.46. The molecule has 1 atom stereocenters. The zero-order valence-electron chi connectivity index (χ0n) is 14.3. The molecule has 3 aliphatic rings. The van der Waals surface area contributed by atoms with Crippen molar-refractivity contribution in [2.75, 3.05) is 44.3 Å². The second kappa shape index (κ2) is 6.71. The van der Waals surface area contributed by atoms with Gasteiger partial charge in [-0.1, -0.05) is 6.07 Å². The second-order valence-electron chi connectivity index (χ2n) is 7.61. The van der Waals surface area contributed by atoms with Gasteiger partial charge in [0, 0.05) is 56.9 Å². The third kappa shape index (κ3) is 3.14. The van der Waals surface area contributed by atoms with E-state index in [0.29, 0.717) is 5.91 Å². The van der Waals surface area contributed by atoms with Gasteiger partial charge in [-0.2, -0.15) is 0 Å². The van der Waals surface area contributed by atoms with Gasteiger partial charge < -0.3 is 14.5 Å². The van der Waals surface area contributed by atoms with Crippen LogP contribution in [0.3, 0.4) is 0 Å². The van der Waals surface area contributed by atoms with Crippen molar-refractivity contribution >= 4 is 11.7 Å². The first-order valence-corrected chi connectivity index (χ1v) is 9.28. The lowest BCUT2D eigenvalue weighted by Gasteiger charge is -2.41. The molecule has 0 saturated carbocycles. The summed E-state index contributed by atoms with van der Waals surface area (Å²) in [6.45, 7) is 5.43. The van der Waals surface area contributed by atoms with Gasteiger partial charge in [-0.15, -0.1) is 0 Å². The highest BCUT2D eigenvalue weighted by atomic mass is 16.5. The average molecular weight is 329 g/mol. The van der Waals surface area contributed by atoms with Gasteiger partial charge in [-0.25, -0.2) is 4.98 Å². The Hall–Kier alpha value is -1.62. The molecular weight excluding hydrogens is 302 g/mol. The van der Waals surface area contributed by atoms with Crippen molar-refractivity contribution in [2.24, 2.45) is 11.3 Å². The van der Waals surface area contributed by atoms with E-state index in [1.54, 1.807) is 0 Å². The lowest BCUT2D eigenvalue weighted by molar-refractivity contribution is -0.137. The lowest BCUT2D eigenvalue weighted by atomic mass is 9.79. The highest BCUT2D eigenvalue weighted by molar-refractivity contribution is 5.79. The number of carbonyl (C=O) groups is 1. The Bertz CT molecular complexity index is 573. The third-order valence-corrected chi connectivity index (χ3v) is 5.96. The summed E-state index contributed by atoms with van der Waals surface area (Å²) in [4.78, 5) is 21.9. The molecule has 4 rings (SSSR count). The van der Waals surface area contributed by atoms with Gasteiger partial charge >= 0.3 is 0 Å². The molecule has 5 nitrogen and oxygen atoms in total. The van der Waals surface area contributed by atoms with Gasteiger partial charge in [0.05, 0.1) is 0 Å². The standard InChI is InChI=1S/C19H27N3O2/c23-18(16-5-12-24-13-6-16)22-11-8-19(15-22)7-3-10-21(14-19)17-4-1-2-9-20-17/h1-2,4,9,16H,3,5-8,10-15H2/t19-/m1/s1. The number of aromatic nitrogens is 1. The topological polar surface area (TPSA) is 45.7 Å². The Balaban J connectivity index is 1.42. The normalized spacial score (nSPS) is 28.5. The van der Waals surface area contributed by atoms with Crippen LogP contribution in [0.25, 0.3) is 0 Å². The van der Waals surface area contributed by atoms with Crippen LogP contribution < -0.4 is 4.90 Å². The SMILES string of the molecule is O=C(C1CCOCC1)N1CC[C@@]2(CCCN(c3ccccn3)C2)C1. The number of nitrogens with zero attached hydrogens (tertiary/aromatic N) is 3. The summed E-state index contributed by atoms with van der Waals surface area (Å²) in [5.41, 5.74) is 0.261. The fourth-order valence-corrected chi connectivity index (χ4v) is 4.60. The van der Waals surface area contributed by atoms with Gasteiger partial charge in [0.1, 0.15) is 5.82 Å². The van der Waals surface area contributed by atoms with E-state index in [1.165, 1.54) is 12.8 Å². The predicted molar refractivity (Wildman–Crippen MR) is 92.9 cm³/mol. The molecule has 0 aliphatic carbocycles. The van der Waals surface area contributed by atoms with Crippen LogP contribution in [-0.4, -0.2) is 55.2 Å². The molecule has 1 aromatic rings. The molecule has 1 spiro atoms. The molecule has 3 saturated heterocycles. The van der Waals surface area contributed by atoms with Crippen LogP contribution >= 0.6 is 0 Å². The second-order valence-corrected chi connectivity index (χ2v) is 7.61. The van der Waals surface area contributed by atoms with E-state index in [4.69, 9.17) is 4.74 Å². The number of piperidine rings is 1. The fraction of sp³-hybridized carbons (Fsp3) is 0.684. The summed E-state index contributed by atoms with van der Waals surface area (Å²) < 4.78 is 5.40. The number of amides is 1. The molecule has 3 aliphatic heterocycles. The minimum Gasteiger partial charge on any atom is -0.381 e. The maximum absolute atomic E-state index is 12.8. The van der Waals surface area contributed by atoms with Crippen LogP contribution in [-0.2, 0) is 9.53 Å². The van der Waals surface area contributed by atoms with Crippen LogP contribution in [0.5, 0.6) is 0 Å². The minimum absolute atomic E-state index is 0.185. The Morgan fingerprint density at radius 2 is 2.04 bits per heavy atom. The van der Waals surface area contributed by atoms with Crippen molar-refractivity contribution in [1.82, 2.24) is 9.88 Å². The van der Waals surface area contributed by atoms with Crippen molar-refractivity contribution in [3.63, 3.8) is 0 Å². The first-order valence-electron chi connectivity index (χ1n) is 9.28. The molecule has 0 N–H and O–H groups in total. The summed E-state index contributed by atoms with van der Waals surface area (Å²) in [6, 6.07) is 6.12. The molecular formula is C19H27N3O2. The smallest absolute Gasteiger partial charge is 0.225 e. The quantitative estimate of drug-likeness (QED) is 0.835. The Labute approximate surface area is 144 Å². The van der Waals surface area contributed by atoms with E-state index in [9.17, 15) is 4.79 Å². The molecule has 0 aromatic carbocycles. The number of pyridine rings is 1. The summed E-state index contributed by atoms with van der Waals surface area (Å²) in [5.74, 6) is 1.63. The molecule has 3 fully saturated rings. The fourth-order valence-electron chi connectivity index (χ4n) is 4.60. The maximum atomic E-state index is 12.8. The highest BCUT2D eigenvalue weighted by Gasteiger charge is 2.44. The Morgan fingerprint density at radius 1 is 1.17 bits per heavy atom. The maximum Gasteiger partial charge on any atom is 0.225 e. The summed E-state index contributed by atoms with van der Waals surface area (Å²) in [7, 11) is 0. The van der Waals surface area contributed by atoms with Gasteiger partial charge in [0.15, 0.2) is 0 Å². The van der Waals surface area contributed by atoms with E-state index in [2.05, 4.69) is 26.9 Å². The van der Waals surface area contributed by atoms with Crippen LogP contribution in [0.4, 0.5) is 5.82 Å². The van der Waals surface area contributed by atoms with E-state index in [0.717, 1.165) is 64.5 Å². The van der Waals surface area contributed by atoms with E-state index >= 15 is 0 Å². The summed E-state index contributed by atoms with van der Waals surface area (Å²) in [6.07, 6.45) is 7.20. The summed E-state index contributed by atoms with van der Waals surface area (Å²) >= 11 is 0. The molecule has 5 heteroatoms. The first-order chi connectivity index (χ1) is 11.8. The number of hydrogen-bond acceptors (Lipinski definition) is 4. The van der Waals surface area contributed by atoms with Gasteiger partial charge in [0.2, 0.25) is 5.91 Å². The zero-order valence-corrected chi connectivity index (χ0v) is 14.3. The van der Waals surface area contributed by atoms with E-state index in [-0.39, 0.29) is 11.3 Å². The predicted octanol–water partition coefficient (Wildman–Crippen LogP) is 2.33. The van der Waals surface area contributed by atoms with Gasteiger partial charge in [-0.05, 0) is 44.2 Å². The number of rotatable bonds is 2. The van der Waals surface area contributed by atoms with Gasteiger partial charge in [0.25, 0.3) is 0 Å². The van der Waals surface area contributed by atoms with Crippen molar-refractivity contribution in [3.05, 3.63) is 24.4 Å². The highest BCUT2D eigenvalue weighted by Crippen LogP contribution is 2.40. The van der Waals surface area contributed by atoms with E-state index in [1.807, 2.05) is 12.3 Å². The van der Waals surface area contributed by atoms with Gasteiger partial charge in [-0.3, -0.25) is 4.79 Å². The van der Waals surface area contributed by atoms with Crippen LogP contribution in [0, 0.1) is 11.3 Å². The Morgan fingerprint density at radius 3 is 2.83 bits per heavy atom. The number of ether oxygens (including phenoxy) is 1. The van der Waals surface area contributed by atoms with Crippen molar-refractivity contribution < 1.29 is 9.53 Å². The number of anilines is 1. The van der Waals surface area contributed by atoms with Crippen LogP contribution in [0.1, 0.15) is 32.1 Å². The monoisotopic (exact) mass is 329 g/mol. The Kier molecular flexibility index (Phi) is 4.44. The molecule has 1 amide bonds. The number of likely N-dealkylation sites (tertiary alicyclic amines) is 1. The molecule has 0 radical (unpaired) electrons. The molecule has 0 bridgehead atoms. The van der Waals surface area contributed by atoms with Crippen LogP contribution in [0.15, 0.2) is 24.4 Å². The van der Waals surface area contributed by atoms with Crippen molar-refractivity contribution in [1.29, 1.82) is 0 Å². The van der Waals surface area contributed by atoms with Crippen LogP contribution in [0.2, 0.25) is 0 Å². The number of hydrogen-bond donors (Lipinski definition) is 0. The third-order valence-electron chi connectivity index (χ3n) is 5.96. The largest absolute Gasteiger partial charge is 0.381 e. The van der Waals surface area contributed by atoms with E-state index < -0.39 is 0 Å². The molecule has 4 heterocycles. The molecule has 0 unspecified atom stereocenters. The molecule has 24 heavy (non-hydrogen) atoms. The first kappa shape index (κ1) is 15.9. The number of carbonyl (C=O) groups excluding carboxylic acids is 1. The van der Waals surface area contributed by atoms with Crippen molar-refractivity contribution in [2.45, 2.75) is 32.1 Å². The molecule has 1 aromatic heterocycles.